The summed E-state index contributed by atoms with van der Waals surface area (Å²) in [5.41, 5.74) is 3.83. The molecule has 0 aliphatic carbocycles. The SMILES string of the molecule is CCN1[C@@H](C)CN(c2ccc(C(=O)Nc3cc(F)c4nc(C)cn4c3)c3nccnc23)C[C@@H]1C. The van der Waals surface area contributed by atoms with Gasteiger partial charge >= 0.3 is 0 Å². The second-order valence-corrected chi connectivity index (χ2v) is 8.96. The van der Waals surface area contributed by atoms with Crippen LogP contribution in [-0.4, -0.2) is 61.9 Å². The van der Waals surface area contributed by atoms with Crippen LogP contribution in [0.4, 0.5) is 15.8 Å². The molecular weight excluding hydrogens is 433 g/mol. The molecule has 4 aromatic rings. The third kappa shape index (κ3) is 3.86. The molecule has 8 nitrogen and oxygen atoms in total. The fourth-order valence-electron chi connectivity index (χ4n) is 5.10. The molecule has 5 rings (SSSR count). The molecule has 176 valence electrons. The van der Waals surface area contributed by atoms with Gasteiger partial charge in [-0.3, -0.25) is 19.7 Å². The van der Waals surface area contributed by atoms with Crippen molar-refractivity contribution < 1.29 is 9.18 Å². The van der Waals surface area contributed by atoms with Gasteiger partial charge in [-0.25, -0.2) is 9.37 Å². The van der Waals surface area contributed by atoms with Gasteiger partial charge in [0.2, 0.25) is 0 Å². The van der Waals surface area contributed by atoms with Crippen LogP contribution in [-0.2, 0) is 0 Å². The number of anilines is 2. The van der Waals surface area contributed by atoms with Crippen molar-refractivity contribution in [3.8, 4) is 0 Å². The van der Waals surface area contributed by atoms with Gasteiger partial charge < -0.3 is 14.6 Å². The highest BCUT2D eigenvalue weighted by atomic mass is 19.1. The van der Waals surface area contributed by atoms with Crippen LogP contribution in [0, 0.1) is 12.7 Å². The van der Waals surface area contributed by atoms with Crippen LogP contribution in [0.25, 0.3) is 16.7 Å². The summed E-state index contributed by atoms with van der Waals surface area (Å²) in [6.45, 7) is 11.2. The summed E-state index contributed by atoms with van der Waals surface area (Å²) in [6.07, 6.45) is 6.59. The lowest BCUT2D eigenvalue weighted by Crippen LogP contribution is -2.56. The van der Waals surface area contributed by atoms with Gasteiger partial charge in [0.15, 0.2) is 11.5 Å². The van der Waals surface area contributed by atoms with Crippen LogP contribution in [0.1, 0.15) is 36.8 Å². The number of fused-ring (bicyclic) bond motifs is 2. The number of carbonyl (C=O) groups is 1. The van der Waals surface area contributed by atoms with Gasteiger partial charge in [0.05, 0.1) is 22.6 Å². The Morgan fingerprint density at radius 3 is 2.53 bits per heavy atom. The summed E-state index contributed by atoms with van der Waals surface area (Å²) in [4.78, 5) is 31.3. The molecule has 1 fully saturated rings. The van der Waals surface area contributed by atoms with Crippen LogP contribution < -0.4 is 10.2 Å². The number of hydrogen-bond acceptors (Lipinski definition) is 6. The number of aromatic nitrogens is 4. The molecular formula is C25H28FN7O. The van der Waals surface area contributed by atoms with E-state index in [1.54, 1.807) is 42.2 Å². The van der Waals surface area contributed by atoms with E-state index >= 15 is 0 Å². The van der Waals surface area contributed by atoms with Crippen LogP contribution in [0.15, 0.2) is 43.0 Å². The molecule has 4 heterocycles. The number of likely N-dealkylation sites (N-methyl/N-ethyl adjacent to an activating group) is 1. The highest BCUT2D eigenvalue weighted by Gasteiger charge is 2.30. The number of nitrogens with one attached hydrogen (secondary N) is 1. The Bertz CT molecular complexity index is 1370. The number of halogens is 1. The van der Waals surface area contributed by atoms with Crippen molar-refractivity contribution in [3.63, 3.8) is 0 Å². The number of amides is 1. The number of pyridine rings is 1. The Morgan fingerprint density at radius 1 is 1.12 bits per heavy atom. The first-order valence-electron chi connectivity index (χ1n) is 11.6. The molecule has 3 aromatic heterocycles. The van der Waals surface area contributed by atoms with Crippen molar-refractivity contribution in [2.24, 2.45) is 0 Å². The van der Waals surface area contributed by atoms with Gasteiger partial charge in [-0.1, -0.05) is 6.92 Å². The molecule has 34 heavy (non-hydrogen) atoms. The first-order valence-corrected chi connectivity index (χ1v) is 11.6. The van der Waals surface area contributed by atoms with Gasteiger partial charge in [-0.15, -0.1) is 0 Å². The van der Waals surface area contributed by atoms with Crippen LogP contribution >= 0.6 is 0 Å². The zero-order chi connectivity index (χ0) is 24.0. The minimum Gasteiger partial charge on any atom is -0.367 e. The molecule has 1 aromatic carbocycles. The van der Waals surface area contributed by atoms with Gasteiger partial charge in [0.25, 0.3) is 5.91 Å². The van der Waals surface area contributed by atoms with E-state index in [2.05, 4.69) is 50.8 Å². The Labute approximate surface area is 197 Å². The number of benzene rings is 1. The topological polar surface area (TPSA) is 78.7 Å². The monoisotopic (exact) mass is 461 g/mol. The predicted molar refractivity (Wildman–Crippen MR) is 131 cm³/mol. The van der Waals surface area contributed by atoms with Crippen LogP contribution in [0.5, 0.6) is 0 Å². The average molecular weight is 462 g/mol. The molecule has 0 saturated carbocycles. The number of piperazine rings is 1. The van der Waals surface area contributed by atoms with Gasteiger partial charge in [-0.05, 0) is 39.4 Å². The van der Waals surface area contributed by atoms with Crippen LogP contribution in [0.2, 0.25) is 0 Å². The summed E-state index contributed by atoms with van der Waals surface area (Å²) in [6, 6.07) is 5.80. The third-order valence-electron chi connectivity index (χ3n) is 6.54. The van der Waals surface area contributed by atoms with Crippen molar-refractivity contribution >= 4 is 34.0 Å². The quantitative estimate of drug-likeness (QED) is 0.497. The standard InChI is InChI=1S/C25H28FN7O/c1-5-33-16(3)12-31(13-17(33)4)21-7-6-19(22-23(21)28-9-8-27-22)25(34)30-18-10-20(26)24-29-15(2)11-32(24)14-18/h6-11,14,16-17H,5,12-13H2,1-4H3,(H,30,34)/t16-,17-/m0/s1. The van der Waals surface area contributed by atoms with E-state index < -0.39 is 5.82 Å². The molecule has 0 unspecified atom stereocenters. The maximum Gasteiger partial charge on any atom is 0.257 e. The zero-order valence-corrected chi connectivity index (χ0v) is 19.8. The number of hydrogen-bond donors (Lipinski definition) is 1. The number of nitrogens with zero attached hydrogens (tertiary/aromatic N) is 6. The molecule has 1 N–H and O–H groups in total. The fraction of sp³-hybridized carbons (Fsp3) is 0.360. The van der Waals surface area contributed by atoms with E-state index in [-0.39, 0.29) is 11.6 Å². The zero-order valence-electron chi connectivity index (χ0n) is 19.8. The van der Waals surface area contributed by atoms with E-state index in [4.69, 9.17) is 0 Å². The summed E-state index contributed by atoms with van der Waals surface area (Å²) in [7, 11) is 0. The van der Waals surface area contributed by atoms with Crippen molar-refractivity contribution in [1.82, 2.24) is 24.3 Å². The minimum absolute atomic E-state index is 0.225. The first-order chi connectivity index (χ1) is 16.4. The van der Waals surface area contributed by atoms with E-state index in [0.29, 0.717) is 40.1 Å². The maximum atomic E-state index is 14.5. The molecule has 1 amide bonds. The normalized spacial score (nSPS) is 19.1. The van der Waals surface area contributed by atoms with Crippen molar-refractivity contribution in [1.29, 1.82) is 0 Å². The molecule has 2 atom stereocenters. The number of carbonyl (C=O) groups excluding carboxylic acids is 1. The highest BCUT2D eigenvalue weighted by molar-refractivity contribution is 6.13. The second-order valence-electron chi connectivity index (χ2n) is 8.96. The second kappa shape index (κ2) is 8.64. The Balaban J connectivity index is 1.48. The van der Waals surface area contributed by atoms with Gasteiger partial charge in [0.1, 0.15) is 11.0 Å². The van der Waals surface area contributed by atoms with E-state index in [1.807, 2.05) is 6.07 Å². The average Bonchev–Trinajstić information content (AvgIpc) is 3.18. The summed E-state index contributed by atoms with van der Waals surface area (Å²) in [5.74, 6) is -0.870. The minimum atomic E-state index is -0.500. The molecule has 0 radical (unpaired) electrons. The molecule has 1 saturated heterocycles. The number of imidazole rings is 1. The van der Waals surface area contributed by atoms with Crippen LogP contribution in [0.3, 0.4) is 0 Å². The smallest absolute Gasteiger partial charge is 0.257 e. The molecule has 1 aliphatic rings. The van der Waals surface area contributed by atoms with Crippen molar-refractivity contribution in [3.05, 3.63) is 60.1 Å². The summed E-state index contributed by atoms with van der Waals surface area (Å²) in [5, 5.41) is 2.80. The Hall–Kier alpha value is -3.59. The highest BCUT2D eigenvalue weighted by Crippen LogP contribution is 2.30. The number of rotatable bonds is 4. The molecule has 9 heteroatoms. The lowest BCUT2D eigenvalue weighted by atomic mass is 10.0. The lowest BCUT2D eigenvalue weighted by Gasteiger charge is -2.45. The Morgan fingerprint density at radius 2 is 1.82 bits per heavy atom. The van der Waals surface area contributed by atoms with E-state index in [9.17, 15) is 9.18 Å². The van der Waals surface area contributed by atoms with Crippen molar-refractivity contribution in [2.75, 3.05) is 29.9 Å². The van der Waals surface area contributed by atoms with Gasteiger partial charge in [-0.2, -0.15) is 0 Å². The lowest BCUT2D eigenvalue weighted by molar-refractivity contribution is 0.102. The molecule has 0 spiro atoms. The van der Waals surface area contributed by atoms with E-state index in [1.165, 1.54) is 6.07 Å². The predicted octanol–water partition coefficient (Wildman–Crippen LogP) is 3.90. The summed E-state index contributed by atoms with van der Waals surface area (Å²) >= 11 is 0. The third-order valence-corrected chi connectivity index (χ3v) is 6.54. The van der Waals surface area contributed by atoms with Crippen molar-refractivity contribution in [2.45, 2.75) is 39.8 Å². The summed E-state index contributed by atoms with van der Waals surface area (Å²) < 4.78 is 16.0. The molecule has 1 aliphatic heterocycles. The maximum absolute atomic E-state index is 14.5. The largest absolute Gasteiger partial charge is 0.367 e. The molecule has 0 bridgehead atoms. The fourth-order valence-corrected chi connectivity index (χ4v) is 5.10. The first kappa shape index (κ1) is 22.2. The number of aryl methyl sites for hydroxylation is 1. The Kier molecular flexibility index (Phi) is 5.65. The van der Waals surface area contributed by atoms with E-state index in [0.717, 1.165) is 25.3 Å². The van der Waals surface area contributed by atoms with Gasteiger partial charge in [0, 0.05) is 56.0 Å².